The van der Waals surface area contributed by atoms with Crippen molar-refractivity contribution >= 4 is 17.6 Å². The van der Waals surface area contributed by atoms with Crippen LogP contribution in [0.3, 0.4) is 0 Å². The molecule has 0 aromatic heterocycles. The van der Waals surface area contributed by atoms with E-state index in [2.05, 4.69) is 15.0 Å². The van der Waals surface area contributed by atoms with E-state index >= 15 is 0 Å². The molecular weight excluding hydrogens is 204 g/mol. The number of rotatable bonds is 1. The van der Waals surface area contributed by atoms with Gasteiger partial charge in [0.05, 0.1) is 12.8 Å². The Hall–Kier alpha value is -1.84. The van der Waals surface area contributed by atoms with E-state index < -0.39 is 6.09 Å². The Labute approximate surface area is 95.3 Å². The number of hydrogen-bond acceptors (Lipinski definition) is 3. The lowest BCUT2D eigenvalue weighted by atomic mass is 10.1. The second-order valence-corrected chi connectivity index (χ2v) is 3.60. The molecule has 0 aliphatic carbocycles. The summed E-state index contributed by atoms with van der Waals surface area (Å²) in [6.45, 7) is 5.73. The number of amidine groups is 1. The number of aryl methyl sites for hydroxylation is 2. The highest BCUT2D eigenvalue weighted by Gasteiger charge is 2.01. The minimum Gasteiger partial charge on any atom is -0.453 e. The molecule has 0 bridgehead atoms. The van der Waals surface area contributed by atoms with E-state index in [0.29, 0.717) is 5.84 Å². The van der Waals surface area contributed by atoms with E-state index in [1.807, 2.05) is 32.0 Å². The number of carbonyl (C=O) groups excluding carboxylic acids is 1. The first-order chi connectivity index (χ1) is 7.52. The van der Waals surface area contributed by atoms with Gasteiger partial charge in [0.1, 0.15) is 5.84 Å². The molecule has 0 saturated carbocycles. The molecule has 86 valence electrons. The van der Waals surface area contributed by atoms with Gasteiger partial charge in [-0.1, -0.05) is 17.7 Å². The summed E-state index contributed by atoms with van der Waals surface area (Å²) in [6, 6.07) is 5.95. The highest BCUT2D eigenvalue weighted by Crippen LogP contribution is 2.19. The minimum absolute atomic E-state index is 0.508. The Morgan fingerprint density at radius 2 is 2.06 bits per heavy atom. The molecule has 0 heterocycles. The smallest absolute Gasteiger partial charge is 0.412 e. The molecule has 4 nitrogen and oxygen atoms in total. The molecule has 1 amide bonds. The maximum Gasteiger partial charge on any atom is 0.412 e. The van der Waals surface area contributed by atoms with Crippen molar-refractivity contribution in [3.05, 3.63) is 29.3 Å². The third-order valence-electron chi connectivity index (χ3n) is 2.11. The fourth-order valence-corrected chi connectivity index (χ4v) is 1.34. The SMILES string of the molecule is COC(=O)NC(C)=Nc1ccc(C)cc1C. The summed E-state index contributed by atoms with van der Waals surface area (Å²) in [5.74, 6) is 0.513. The van der Waals surface area contributed by atoms with E-state index in [1.54, 1.807) is 6.92 Å². The van der Waals surface area contributed by atoms with Crippen molar-refractivity contribution in [1.29, 1.82) is 0 Å². The molecule has 0 aliphatic heterocycles. The molecule has 0 spiro atoms. The second kappa shape index (κ2) is 5.30. The highest BCUT2D eigenvalue weighted by atomic mass is 16.5. The molecule has 0 unspecified atom stereocenters. The summed E-state index contributed by atoms with van der Waals surface area (Å²) in [5, 5.41) is 2.51. The Bertz CT molecular complexity index is 425. The first-order valence-corrected chi connectivity index (χ1v) is 5.00. The quantitative estimate of drug-likeness (QED) is 0.584. The van der Waals surface area contributed by atoms with Crippen LogP contribution in [0.15, 0.2) is 23.2 Å². The molecule has 1 aromatic rings. The fraction of sp³-hybridized carbons (Fsp3) is 0.333. The number of nitrogens with zero attached hydrogens (tertiary/aromatic N) is 1. The fourth-order valence-electron chi connectivity index (χ4n) is 1.34. The third kappa shape index (κ3) is 3.38. The second-order valence-electron chi connectivity index (χ2n) is 3.60. The number of benzene rings is 1. The minimum atomic E-state index is -0.508. The van der Waals surface area contributed by atoms with Crippen LogP contribution >= 0.6 is 0 Å². The number of ether oxygens (including phenoxy) is 1. The zero-order valence-corrected chi connectivity index (χ0v) is 10.00. The van der Waals surface area contributed by atoms with Gasteiger partial charge in [0.25, 0.3) is 0 Å². The topological polar surface area (TPSA) is 50.7 Å². The Kier molecular flexibility index (Phi) is 4.05. The van der Waals surface area contributed by atoms with Gasteiger partial charge in [-0.15, -0.1) is 0 Å². The van der Waals surface area contributed by atoms with Gasteiger partial charge >= 0.3 is 6.09 Å². The number of amides is 1. The molecule has 1 aromatic carbocycles. The van der Waals surface area contributed by atoms with Crippen molar-refractivity contribution in [3.8, 4) is 0 Å². The van der Waals surface area contributed by atoms with E-state index in [1.165, 1.54) is 12.7 Å². The van der Waals surface area contributed by atoms with Gasteiger partial charge in [0.2, 0.25) is 0 Å². The van der Waals surface area contributed by atoms with Crippen molar-refractivity contribution in [2.75, 3.05) is 7.11 Å². The lowest BCUT2D eigenvalue weighted by molar-refractivity contribution is 0.177. The monoisotopic (exact) mass is 220 g/mol. The number of carbonyl (C=O) groups is 1. The van der Waals surface area contributed by atoms with E-state index in [-0.39, 0.29) is 0 Å². The van der Waals surface area contributed by atoms with Gasteiger partial charge in [-0.3, -0.25) is 5.32 Å². The third-order valence-corrected chi connectivity index (χ3v) is 2.11. The number of nitrogens with one attached hydrogen (secondary N) is 1. The molecule has 4 heteroatoms. The molecular formula is C12H16N2O2. The van der Waals surface area contributed by atoms with E-state index in [9.17, 15) is 4.79 Å². The maximum atomic E-state index is 10.9. The summed E-state index contributed by atoms with van der Waals surface area (Å²) in [7, 11) is 1.32. The summed E-state index contributed by atoms with van der Waals surface area (Å²) in [6.07, 6.45) is -0.508. The van der Waals surface area contributed by atoms with Gasteiger partial charge in [-0.25, -0.2) is 9.79 Å². The van der Waals surface area contributed by atoms with Crippen molar-refractivity contribution in [3.63, 3.8) is 0 Å². The Balaban J connectivity index is 2.85. The predicted octanol–water partition coefficient (Wildman–Crippen LogP) is 2.71. The lowest BCUT2D eigenvalue weighted by Gasteiger charge is -2.05. The molecule has 0 atom stereocenters. The average Bonchev–Trinajstić information content (AvgIpc) is 2.22. The molecule has 0 saturated heterocycles. The Morgan fingerprint density at radius 3 is 2.62 bits per heavy atom. The van der Waals surface area contributed by atoms with Crippen LogP contribution in [0.5, 0.6) is 0 Å². The van der Waals surface area contributed by atoms with Crippen LogP contribution < -0.4 is 5.32 Å². The van der Waals surface area contributed by atoms with Gasteiger partial charge in [-0.05, 0) is 32.4 Å². The zero-order chi connectivity index (χ0) is 12.1. The normalized spacial score (nSPS) is 11.1. The van der Waals surface area contributed by atoms with Crippen molar-refractivity contribution in [2.45, 2.75) is 20.8 Å². The van der Waals surface area contributed by atoms with Crippen molar-refractivity contribution in [1.82, 2.24) is 5.32 Å². The lowest BCUT2D eigenvalue weighted by Crippen LogP contribution is -2.27. The molecule has 0 fully saturated rings. The number of methoxy groups -OCH3 is 1. The van der Waals surface area contributed by atoms with Crippen LogP contribution in [0.4, 0.5) is 10.5 Å². The largest absolute Gasteiger partial charge is 0.453 e. The van der Waals surface area contributed by atoms with E-state index in [0.717, 1.165) is 11.3 Å². The Morgan fingerprint density at radius 1 is 1.38 bits per heavy atom. The first-order valence-electron chi connectivity index (χ1n) is 5.00. The first kappa shape index (κ1) is 12.2. The van der Waals surface area contributed by atoms with Gasteiger partial charge in [0, 0.05) is 0 Å². The van der Waals surface area contributed by atoms with Gasteiger partial charge in [0.15, 0.2) is 0 Å². The summed E-state index contributed by atoms with van der Waals surface area (Å²) < 4.78 is 4.48. The molecule has 1 rings (SSSR count). The maximum absolute atomic E-state index is 10.9. The van der Waals surface area contributed by atoms with Crippen LogP contribution in [0, 0.1) is 13.8 Å². The number of alkyl carbamates (subject to hydrolysis) is 1. The zero-order valence-electron chi connectivity index (χ0n) is 10.00. The molecule has 16 heavy (non-hydrogen) atoms. The molecule has 0 aliphatic rings. The number of aliphatic imine (C=N–C) groups is 1. The highest BCUT2D eigenvalue weighted by molar-refractivity contribution is 5.95. The molecule has 1 N–H and O–H groups in total. The van der Waals surface area contributed by atoms with Crippen LogP contribution in [-0.2, 0) is 4.74 Å². The van der Waals surface area contributed by atoms with Crippen molar-refractivity contribution in [2.24, 2.45) is 4.99 Å². The number of hydrogen-bond donors (Lipinski definition) is 1. The van der Waals surface area contributed by atoms with Crippen molar-refractivity contribution < 1.29 is 9.53 Å². The van der Waals surface area contributed by atoms with Crippen LogP contribution in [0.1, 0.15) is 18.1 Å². The summed E-state index contributed by atoms with van der Waals surface area (Å²) >= 11 is 0. The molecule has 0 radical (unpaired) electrons. The summed E-state index contributed by atoms with van der Waals surface area (Å²) in [5.41, 5.74) is 3.11. The standard InChI is InChI=1S/C12H16N2O2/c1-8-5-6-11(9(2)7-8)13-10(3)14-12(15)16-4/h5-7H,1-4H3,(H,13,14,15). The van der Waals surface area contributed by atoms with Crippen LogP contribution in [0.25, 0.3) is 0 Å². The van der Waals surface area contributed by atoms with Gasteiger partial charge in [-0.2, -0.15) is 0 Å². The van der Waals surface area contributed by atoms with E-state index in [4.69, 9.17) is 0 Å². The predicted molar refractivity (Wildman–Crippen MR) is 64.2 cm³/mol. The summed E-state index contributed by atoms with van der Waals surface area (Å²) in [4.78, 5) is 15.2. The average molecular weight is 220 g/mol. The van der Waals surface area contributed by atoms with Crippen LogP contribution in [-0.4, -0.2) is 19.0 Å². The van der Waals surface area contributed by atoms with Gasteiger partial charge < -0.3 is 4.74 Å². The van der Waals surface area contributed by atoms with Crippen LogP contribution in [0.2, 0.25) is 0 Å².